The van der Waals surface area contributed by atoms with Crippen LogP contribution in [0.3, 0.4) is 0 Å². The molecule has 112 valence electrons. The van der Waals surface area contributed by atoms with Gasteiger partial charge in [-0.2, -0.15) is 0 Å². The molecule has 1 fully saturated rings. The molecule has 1 saturated heterocycles. The van der Waals surface area contributed by atoms with Crippen molar-refractivity contribution in [1.29, 1.82) is 0 Å². The Bertz CT molecular complexity index is 706. The quantitative estimate of drug-likeness (QED) is 0.924. The lowest BCUT2D eigenvalue weighted by Crippen LogP contribution is -2.45. The van der Waals surface area contributed by atoms with Crippen LogP contribution in [0.2, 0.25) is 5.02 Å². The monoisotopic (exact) mass is 307 g/mol. The zero-order chi connectivity index (χ0) is 15.0. The Morgan fingerprint density at radius 3 is 2.81 bits per heavy atom. The lowest BCUT2D eigenvalue weighted by molar-refractivity contribution is -0.0710. The van der Waals surface area contributed by atoms with Gasteiger partial charge in [0.2, 0.25) is 0 Å². The molecule has 1 N–H and O–H groups in total. The highest BCUT2D eigenvalue weighted by Crippen LogP contribution is 2.16. The van der Waals surface area contributed by atoms with Crippen LogP contribution in [0.25, 0.3) is 10.9 Å². The largest absolute Gasteiger partial charge is 0.373 e. The molecule has 21 heavy (non-hydrogen) atoms. The Hall–Kier alpha value is -1.43. The number of nitrogens with one attached hydrogen (secondary N) is 1. The molecule has 0 amide bonds. The second kappa shape index (κ2) is 5.75. The van der Waals surface area contributed by atoms with Crippen LogP contribution < -0.4 is 5.56 Å². The predicted octanol–water partition coefficient (Wildman–Crippen LogP) is 2.19. The molecule has 0 aliphatic carbocycles. The molecule has 1 aliphatic rings. The molecule has 2 aromatic rings. The summed E-state index contributed by atoms with van der Waals surface area (Å²) in [6, 6.07) is 5.17. The van der Waals surface area contributed by atoms with Crippen molar-refractivity contribution in [2.75, 3.05) is 13.1 Å². The highest BCUT2D eigenvalue weighted by atomic mass is 35.5. The maximum Gasteiger partial charge on any atom is 0.258 e. The van der Waals surface area contributed by atoms with Gasteiger partial charge >= 0.3 is 0 Å². The summed E-state index contributed by atoms with van der Waals surface area (Å²) in [6.45, 7) is 6.41. The van der Waals surface area contributed by atoms with Gasteiger partial charge in [-0.3, -0.25) is 9.69 Å². The summed E-state index contributed by atoms with van der Waals surface area (Å²) in [6.07, 6.45) is 0.388. The van der Waals surface area contributed by atoms with Crippen molar-refractivity contribution >= 4 is 22.5 Å². The molecular weight excluding hydrogens is 290 g/mol. The van der Waals surface area contributed by atoms with Gasteiger partial charge in [0.15, 0.2) is 0 Å². The van der Waals surface area contributed by atoms with Crippen LogP contribution in [0, 0.1) is 0 Å². The summed E-state index contributed by atoms with van der Waals surface area (Å²) in [4.78, 5) is 21.7. The zero-order valence-corrected chi connectivity index (χ0v) is 12.9. The van der Waals surface area contributed by atoms with Gasteiger partial charge in [0.25, 0.3) is 5.56 Å². The number of halogens is 1. The van der Waals surface area contributed by atoms with Gasteiger partial charge in [-0.25, -0.2) is 4.98 Å². The van der Waals surface area contributed by atoms with Crippen molar-refractivity contribution in [3.63, 3.8) is 0 Å². The van der Waals surface area contributed by atoms with Crippen molar-refractivity contribution in [2.45, 2.75) is 32.6 Å². The smallest absolute Gasteiger partial charge is 0.258 e. The second-order valence-electron chi connectivity index (χ2n) is 5.63. The maximum absolute atomic E-state index is 12.1. The van der Waals surface area contributed by atoms with Gasteiger partial charge in [0.1, 0.15) is 5.82 Å². The summed E-state index contributed by atoms with van der Waals surface area (Å²) in [5.41, 5.74) is 0.527. The van der Waals surface area contributed by atoms with E-state index in [-0.39, 0.29) is 17.8 Å². The highest BCUT2D eigenvalue weighted by Gasteiger charge is 2.22. The lowest BCUT2D eigenvalue weighted by Gasteiger charge is -2.34. The number of ether oxygens (including phenoxy) is 1. The molecule has 1 aromatic heterocycles. The van der Waals surface area contributed by atoms with Crippen molar-refractivity contribution < 1.29 is 4.74 Å². The van der Waals surface area contributed by atoms with Crippen LogP contribution in [0.15, 0.2) is 23.0 Å². The van der Waals surface area contributed by atoms with Crippen molar-refractivity contribution in [1.82, 2.24) is 14.9 Å². The fourth-order valence-electron chi connectivity index (χ4n) is 2.86. The Morgan fingerprint density at radius 2 is 2.10 bits per heavy atom. The van der Waals surface area contributed by atoms with Crippen molar-refractivity contribution in [2.24, 2.45) is 0 Å². The minimum absolute atomic E-state index is 0.146. The number of aromatic amines is 1. The summed E-state index contributed by atoms with van der Waals surface area (Å²) in [5.74, 6) is 0.677. The molecule has 3 rings (SSSR count). The van der Waals surface area contributed by atoms with Crippen LogP contribution >= 0.6 is 11.6 Å². The molecule has 0 radical (unpaired) electrons. The first-order valence-corrected chi connectivity index (χ1v) is 7.45. The number of hydrogen-bond acceptors (Lipinski definition) is 4. The van der Waals surface area contributed by atoms with Crippen molar-refractivity contribution in [3.05, 3.63) is 39.4 Å². The van der Waals surface area contributed by atoms with Crippen molar-refractivity contribution in [3.8, 4) is 0 Å². The van der Waals surface area contributed by atoms with E-state index in [9.17, 15) is 4.79 Å². The number of morpholine rings is 1. The zero-order valence-electron chi connectivity index (χ0n) is 12.1. The Morgan fingerprint density at radius 1 is 1.38 bits per heavy atom. The third-order valence-electron chi connectivity index (χ3n) is 3.59. The first kappa shape index (κ1) is 14.5. The average molecular weight is 308 g/mol. The minimum Gasteiger partial charge on any atom is -0.373 e. The second-order valence-corrected chi connectivity index (χ2v) is 6.06. The Balaban J connectivity index is 1.87. The van der Waals surface area contributed by atoms with E-state index in [2.05, 4.69) is 28.7 Å². The third-order valence-corrected chi connectivity index (χ3v) is 3.82. The first-order valence-electron chi connectivity index (χ1n) is 7.07. The first-order chi connectivity index (χ1) is 10.0. The van der Waals surface area contributed by atoms with E-state index in [1.54, 1.807) is 18.2 Å². The van der Waals surface area contributed by atoms with Crippen LogP contribution in [0.5, 0.6) is 0 Å². The Labute approximate surface area is 127 Å². The molecule has 1 aliphatic heterocycles. The SMILES string of the molecule is C[C@H]1CN(Cc2nc3ccc(Cl)cc3c(=O)[nH]2)C[C@H](C)O1. The number of nitrogens with zero attached hydrogens (tertiary/aromatic N) is 2. The van der Waals surface area contributed by atoms with Gasteiger partial charge in [0.05, 0.1) is 29.7 Å². The molecule has 2 atom stereocenters. The van der Waals surface area contributed by atoms with Crippen LogP contribution in [0.1, 0.15) is 19.7 Å². The van der Waals surface area contributed by atoms with Gasteiger partial charge in [-0.05, 0) is 32.0 Å². The minimum atomic E-state index is -0.146. The number of rotatable bonds is 2. The fraction of sp³-hybridized carbons (Fsp3) is 0.467. The normalized spacial score (nSPS) is 23.6. The summed E-state index contributed by atoms with van der Waals surface area (Å²) in [7, 11) is 0. The fourth-order valence-corrected chi connectivity index (χ4v) is 3.03. The number of hydrogen-bond donors (Lipinski definition) is 1. The van der Waals surface area contributed by atoms with Crippen LogP contribution in [0.4, 0.5) is 0 Å². The summed E-state index contributed by atoms with van der Waals surface area (Å²) >= 11 is 5.92. The van der Waals surface area contributed by atoms with Gasteiger partial charge in [0, 0.05) is 18.1 Å². The third kappa shape index (κ3) is 3.26. The topological polar surface area (TPSA) is 58.2 Å². The van der Waals surface area contributed by atoms with Gasteiger partial charge in [-0.1, -0.05) is 11.6 Å². The molecule has 1 aromatic carbocycles. The average Bonchev–Trinajstić information content (AvgIpc) is 2.38. The summed E-state index contributed by atoms with van der Waals surface area (Å²) in [5, 5.41) is 1.06. The molecule has 0 spiro atoms. The highest BCUT2D eigenvalue weighted by molar-refractivity contribution is 6.31. The molecule has 2 heterocycles. The number of H-pyrrole nitrogens is 1. The number of benzene rings is 1. The van der Waals surface area contributed by atoms with E-state index in [4.69, 9.17) is 16.3 Å². The van der Waals surface area contributed by atoms with E-state index in [0.29, 0.717) is 28.3 Å². The molecule has 0 saturated carbocycles. The van der Waals surface area contributed by atoms with Crippen LogP contribution in [-0.2, 0) is 11.3 Å². The molecule has 6 heteroatoms. The summed E-state index contributed by atoms with van der Waals surface area (Å²) < 4.78 is 5.71. The lowest BCUT2D eigenvalue weighted by atomic mass is 10.2. The molecule has 0 unspecified atom stereocenters. The molecule has 0 bridgehead atoms. The molecule has 5 nitrogen and oxygen atoms in total. The van der Waals surface area contributed by atoms with E-state index in [1.807, 2.05) is 0 Å². The number of aromatic nitrogens is 2. The van der Waals surface area contributed by atoms with E-state index in [0.717, 1.165) is 13.1 Å². The predicted molar refractivity (Wildman–Crippen MR) is 82.7 cm³/mol. The van der Waals surface area contributed by atoms with E-state index in [1.165, 1.54) is 0 Å². The standard InChI is InChI=1S/C15H18ClN3O2/c1-9-6-19(7-10(2)21-9)8-14-17-13-4-3-11(16)5-12(13)15(20)18-14/h3-5,9-10H,6-8H2,1-2H3,(H,17,18,20)/t9-,10-/m0/s1. The number of fused-ring (bicyclic) bond motifs is 1. The maximum atomic E-state index is 12.1. The molecular formula is C15H18ClN3O2. The Kier molecular flexibility index (Phi) is 3.97. The van der Waals surface area contributed by atoms with Crippen LogP contribution in [-0.4, -0.2) is 40.2 Å². The van der Waals surface area contributed by atoms with E-state index >= 15 is 0 Å². The van der Waals surface area contributed by atoms with Gasteiger partial charge in [-0.15, -0.1) is 0 Å². The van der Waals surface area contributed by atoms with E-state index < -0.39 is 0 Å². The van der Waals surface area contributed by atoms with Gasteiger partial charge < -0.3 is 9.72 Å².